The number of aliphatic carboxylic acids is 1. The maximum atomic E-state index is 11.3. The first-order valence-electron chi connectivity index (χ1n) is 6.20. The van der Waals surface area contributed by atoms with E-state index in [1.807, 2.05) is 30.3 Å². The molecule has 0 spiro atoms. The second-order valence-corrected chi connectivity index (χ2v) is 5.82. The van der Waals surface area contributed by atoms with Crippen molar-refractivity contribution < 1.29 is 9.90 Å². The van der Waals surface area contributed by atoms with E-state index in [2.05, 4.69) is 24.4 Å². The van der Waals surface area contributed by atoms with Gasteiger partial charge in [-0.3, -0.25) is 4.79 Å². The molecule has 19 heavy (non-hydrogen) atoms. The number of benzene rings is 1. The van der Waals surface area contributed by atoms with Crippen molar-refractivity contribution in [2.24, 2.45) is 0 Å². The Morgan fingerprint density at radius 2 is 2.00 bits per heavy atom. The third-order valence-electron chi connectivity index (χ3n) is 2.94. The number of rotatable bonds is 6. The summed E-state index contributed by atoms with van der Waals surface area (Å²) in [6.07, 6.45) is 0. The lowest BCUT2D eigenvalue weighted by Crippen LogP contribution is -2.26. The highest BCUT2D eigenvalue weighted by Gasteiger charge is 2.18. The Bertz CT molecular complexity index is 536. The summed E-state index contributed by atoms with van der Waals surface area (Å²) in [5.74, 6) is -1.29. The minimum Gasteiger partial charge on any atom is -0.481 e. The van der Waals surface area contributed by atoms with Crippen LogP contribution in [0.1, 0.15) is 21.2 Å². The Morgan fingerprint density at radius 1 is 1.26 bits per heavy atom. The SMILES string of the molecule is Cc1ccc(CNCC(C(=O)O)c2ccccc2)s1. The lowest BCUT2D eigenvalue weighted by molar-refractivity contribution is -0.138. The highest BCUT2D eigenvalue weighted by Crippen LogP contribution is 2.17. The predicted octanol–water partition coefficient (Wildman–Crippen LogP) is 3.01. The molecule has 3 nitrogen and oxygen atoms in total. The lowest BCUT2D eigenvalue weighted by atomic mass is 9.99. The van der Waals surface area contributed by atoms with Crippen LogP contribution in [0.3, 0.4) is 0 Å². The van der Waals surface area contributed by atoms with Crippen LogP contribution in [0.5, 0.6) is 0 Å². The van der Waals surface area contributed by atoms with Gasteiger partial charge in [-0.2, -0.15) is 0 Å². The fourth-order valence-corrected chi connectivity index (χ4v) is 2.81. The Hall–Kier alpha value is -1.65. The van der Waals surface area contributed by atoms with Crippen molar-refractivity contribution in [2.45, 2.75) is 19.4 Å². The zero-order chi connectivity index (χ0) is 13.7. The molecular weight excluding hydrogens is 258 g/mol. The molecule has 2 N–H and O–H groups in total. The smallest absolute Gasteiger partial charge is 0.312 e. The van der Waals surface area contributed by atoms with Crippen molar-refractivity contribution in [3.8, 4) is 0 Å². The normalized spacial score (nSPS) is 12.3. The monoisotopic (exact) mass is 275 g/mol. The summed E-state index contributed by atoms with van der Waals surface area (Å²) >= 11 is 1.73. The average Bonchev–Trinajstić information content (AvgIpc) is 2.81. The molecule has 2 aromatic rings. The Kier molecular flexibility index (Phi) is 4.71. The minimum absolute atomic E-state index is 0.441. The van der Waals surface area contributed by atoms with E-state index in [0.717, 1.165) is 12.1 Å². The van der Waals surface area contributed by atoms with Gasteiger partial charge in [-0.05, 0) is 24.6 Å². The number of aryl methyl sites for hydroxylation is 1. The number of carboxylic acid groups (broad SMARTS) is 1. The summed E-state index contributed by atoms with van der Waals surface area (Å²) in [7, 11) is 0. The molecular formula is C15H17NO2S. The molecule has 1 atom stereocenters. The topological polar surface area (TPSA) is 49.3 Å². The molecule has 0 saturated carbocycles. The Balaban J connectivity index is 1.93. The van der Waals surface area contributed by atoms with Crippen molar-refractivity contribution in [3.05, 3.63) is 57.8 Å². The van der Waals surface area contributed by atoms with Gasteiger partial charge in [0.1, 0.15) is 0 Å². The number of thiophene rings is 1. The third kappa shape index (κ3) is 3.91. The van der Waals surface area contributed by atoms with E-state index in [0.29, 0.717) is 6.54 Å². The highest BCUT2D eigenvalue weighted by molar-refractivity contribution is 7.11. The fourth-order valence-electron chi connectivity index (χ4n) is 1.95. The third-order valence-corrected chi connectivity index (χ3v) is 3.94. The van der Waals surface area contributed by atoms with Gasteiger partial charge >= 0.3 is 5.97 Å². The van der Waals surface area contributed by atoms with E-state index in [1.165, 1.54) is 9.75 Å². The highest BCUT2D eigenvalue weighted by atomic mass is 32.1. The molecule has 2 rings (SSSR count). The molecule has 0 fully saturated rings. The van der Waals surface area contributed by atoms with Gasteiger partial charge in [-0.15, -0.1) is 11.3 Å². The van der Waals surface area contributed by atoms with Crippen LogP contribution in [0.15, 0.2) is 42.5 Å². The van der Waals surface area contributed by atoms with E-state index >= 15 is 0 Å². The van der Waals surface area contributed by atoms with Gasteiger partial charge < -0.3 is 10.4 Å². The van der Waals surface area contributed by atoms with Crippen LogP contribution < -0.4 is 5.32 Å². The van der Waals surface area contributed by atoms with Gasteiger partial charge in [0.05, 0.1) is 5.92 Å². The maximum absolute atomic E-state index is 11.3. The van der Waals surface area contributed by atoms with Crippen molar-refractivity contribution in [2.75, 3.05) is 6.54 Å². The molecule has 0 bridgehead atoms. The van der Waals surface area contributed by atoms with Gasteiger partial charge in [-0.25, -0.2) is 0 Å². The van der Waals surface area contributed by atoms with Gasteiger partial charge in [0.2, 0.25) is 0 Å². The maximum Gasteiger partial charge on any atom is 0.312 e. The molecule has 0 radical (unpaired) electrons. The number of nitrogens with one attached hydrogen (secondary N) is 1. The van der Waals surface area contributed by atoms with Crippen molar-refractivity contribution in [1.29, 1.82) is 0 Å². The summed E-state index contributed by atoms with van der Waals surface area (Å²) in [6.45, 7) is 3.23. The van der Waals surface area contributed by atoms with E-state index < -0.39 is 11.9 Å². The standard InChI is InChI=1S/C15H17NO2S/c1-11-7-8-13(19-11)9-16-10-14(15(17)18)12-5-3-2-4-6-12/h2-8,14,16H,9-10H2,1H3,(H,17,18). The summed E-state index contributed by atoms with van der Waals surface area (Å²) in [5, 5.41) is 12.5. The van der Waals surface area contributed by atoms with Gasteiger partial charge in [0, 0.05) is 22.8 Å². The molecule has 1 aromatic carbocycles. The Labute approximate surface area is 116 Å². The second kappa shape index (κ2) is 6.50. The number of carbonyl (C=O) groups is 1. The first kappa shape index (κ1) is 13.8. The molecule has 1 unspecified atom stereocenters. The minimum atomic E-state index is -0.791. The van der Waals surface area contributed by atoms with Crippen LogP contribution in [0.4, 0.5) is 0 Å². The molecule has 4 heteroatoms. The summed E-state index contributed by atoms with van der Waals surface area (Å²) in [5.41, 5.74) is 0.838. The molecule has 0 aliphatic rings. The average molecular weight is 275 g/mol. The van der Waals surface area contributed by atoms with Crippen molar-refractivity contribution in [3.63, 3.8) is 0 Å². The number of carboxylic acids is 1. The van der Waals surface area contributed by atoms with Crippen LogP contribution in [-0.4, -0.2) is 17.6 Å². The largest absolute Gasteiger partial charge is 0.481 e. The second-order valence-electron chi connectivity index (χ2n) is 4.44. The molecule has 0 aliphatic carbocycles. The van der Waals surface area contributed by atoms with Gasteiger partial charge in [-0.1, -0.05) is 30.3 Å². The van der Waals surface area contributed by atoms with Gasteiger partial charge in [0.15, 0.2) is 0 Å². The van der Waals surface area contributed by atoms with Crippen molar-refractivity contribution >= 4 is 17.3 Å². The first-order valence-corrected chi connectivity index (χ1v) is 7.02. The van der Waals surface area contributed by atoms with Crippen LogP contribution in [0.2, 0.25) is 0 Å². The Morgan fingerprint density at radius 3 is 2.58 bits per heavy atom. The van der Waals surface area contributed by atoms with Crippen LogP contribution in [0.25, 0.3) is 0 Å². The van der Waals surface area contributed by atoms with E-state index in [1.54, 1.807) is 11.3 Å². The van der Waals surface area contributed by atoms with Crippen LogP contribution in [0, 0.1) is 6.92 Å². The molecule has 1 heterocycles. The fraction of sp³-hybridized carbons (Fsp3) is 0.267. The molecule has 0 amide bonds. The first-order chi connectivity index (χ1) is 9.16. The van der Waals surface area contributed by atoms with Crippen molar-refractivity contribution in [1.82, 2.24) is 5.32 Å². The summed E-state index contributed by atoms with van der Waals surface area (Å²) in [4.78, 5) is 13.8. The zero-order valence-corrected chi connectivity index (χ0v) is 11.6. The van der Waals surface area contributed by atoms with Crippen LogP contribution >= 0.6 is 11.3 Å². The molecule has 0 saturated heterocycles. The molecule has 1 aromatic heterocycles. The molecule has 100 valence electrons. The van der Waals surface area contributed by atoms with E-state index in [9.17, 15) is 9.90 Å². The molecule has 0 aliphatic heterocycles. The number of hydrogen-bond donors (Lipinski definition) is 2. The van der Waals surface area contributed by atoms with Crippen LogP contribution in [-0.2, 0) is 11.3 Å². The quantitative estimate of drug-likeness (QED) is 0.852. The van der Waals surface area contributed by atoms with E-state index in [4.69, 9.17) is 0 Å². The predicted molar refractivity (Wildman–Crippen MR) is 77.6 cm³/mol. The summed E-state index contributed by atoms with van der Waals surface area (Å²) < 4.78 is 0. The summed E-state index contributed by atoms with van der Waals surface area (Å²) in [6, 6.07) is 13.5. The van der Waals surface area contributed by atoms with E-state index in [-0.39, 0.29) is 0 Å². The number of hydrogen-bond acceptors (Lipinski definition) is 3. The lowest BCUT2D eigenvalue weighted by Gasteiger charge is -2.13. The van der Waals surface area contributed by atoms with Gasteiger partial charge in [0.25, 0.3) is 0 Å². The zero-order valence-electron chi connectivity index (χ0n) is 10.8.